The number of hydrogen-bond donors (Lipinski definition) is 1. The van der Waals surface area contributed by atoms with Crippen molar-refractivity contribution in [1.82, 2.24) is 5.32 Å². The van der Waals surface area contributed by atoms with Crippen molar-refractivity contribution in [2.75, 3.05) is 7.11 Å². The number of amides is 1. The van der Waals surface area contributed by atoms with E-state index >= 15 is 0 Å². The molecule has 0 fully saturated rings. The van der Waals surface area contributed by atoms with Crippen LogP contribution in [-0.4, -0.2) is 25.1 Å². The van der Waals surface area contributed by atoms with Crippen molar-refractivity contribution in [3.8, 4) is 5.75 Å². The van der Waals surface area contributed by atoms with Crippen molar-refractivity contribution in [2.24, 2.45) is 0 Å². The molecule has 0 saturated heterocycles. The molecule has 128 valence electrons. The average Bonchev–Trinajstić information content (AvgIpc) is 3.11. The molecule has 2 rings (SSSR count). The monoisotopic (exact) mass is 347 g/mol. The van der Waals surface area contributed by atoms with Crippen LogP contribution in [0.4, 0.5) is 0 Å². The van der Waals surface area contributed by atoms with Crippen LogP contribution in [0.5, 0.6) is 5.75 Å². The van der Waals surface area contributed by atoms with E-state index in [1.807, 2.05) is 41.8 Å². The van der Waals surface area contributed by atoms with Crippen molar-refractivity contribution in [3.05, 3.63) is 52.2 Å². The molecule has 0 aliphatic heterocycles. The molecule has 0 unspecified atom stereocenters. The summed E-state index contributed by atoms with van der Waals surface area (Å²) in [5.41, 5.74) is 1.02. The van der Waals surface area contributed by atoms with Crippen LogP contribution in [0, 0.1) is 0 Å². The Morgan fingerprint density at radius 1 is 1.21 bits per heavy atom. The summed E-state index contributed by atoms with van der Waals surface area (Å²) in [5.74, 6) is 0.100. The Kier molecular flexibility index (Phi) is 6.81. The molecular weight excluding hydrogens is 326 g/mol. The Morgan fingerprint density at radius 2 is 1.96 bits per heavy atom. The first-order valence-electron chi connectivity index (χ1n) is 7.71. The van der Waals surface area contributed by atoms with Crippen molar-refractivity contribution >= 4 is 23.2 Å². The van der Waals surface area contributed by atoms with Gasteiger partial charge >= 0.3 is 5.97 Å². The molecule has 5 nitrogen and oxygen atoms in total. The van der Waals surface area contributed by atoms with Gasteiger partial charge in [0, 0.05) is 11.3 Å². The molecule has 0 saturated carbocycles. The maximum atomic E-state index is 11.9. The third-order valence-electron chi connectivity index (χ3n) is 3.47. The van der Waals surface area contributed by atoms with E-state index < -0.39 is 6.10 Å². The van der Waals surface area contributed by atoms with Gasteiger partial charge in [-0.2, -0.15) is 0 Å². The van der Waals surface area contributed by atoms with E-state index in [4.69, 9.17) is 9.47 Å². The quantitative estimate of drug-likeness (QED) is 0.746. The molecule has 0 aliphatic carbocycles. The van der Waals surface area contributed by atoms with Gasteiger partial charge in [-0.05, 0) is 42.5 Å². The van der Waals surface area contributed by atoms with Gasteiger partial charge < -0.3 is 14.8 Å². The van der Waals surface area contributed by atoms with Gasteiger partial charge in [-0.25, -0.2) is 0 Å². The van der Waals surface area contributed by atoms with Crippen molar-refractivity contribution < 1.29 is 19.1 Å². The summed E-state index contributed by atoms with van der Waals surface area (Å²) in [5, 5.41) is 4.71. The van der Waals surface area contributed by atoms with E-state index in [-0.39, 0.29) is 18.3 Å². The highest BCUT2D eigenvalue weighted by Crippen LogP contribution is 2.13. The lowest BCUT2D eigenvalue weighted by Crippen LogP contribution is -2.35. The molecule has 6 heteroatoms. The maximum Gasteiger partial charge on any atom is 0.306 e. The second-order valence-electron chi connectivity index (χ2n) is 5.28. The Balaban J connectivity index is 1.71. The lowest BCUT2D eigenvalue weighted by Gasteiger charge is -2.13. The van der Waals surface area contributed by atoms with Crippen molar-refractivity contribution in [1.29, 1.82) is 0 Å². The SMILES string of the molecule is COc1ccc(CCC(=O)O[C@@H](C)C(=O)NCc2cccs2)cc1. The molecule has 0 bridgehead atoms. The van der Waals surface area contributed by atoms with Gasteiger partial charge in [0.25, 0.3) is 5.91 Å². The van der Waals surface area contributed by atoms with E-state index in [0.29, 0.717) is 13.0 Å². The average molecular weight is 347 g/mol. The number of esters is 1. The van der Waals surface area contributed by atoms with Gasteiger partial charge in [-0.3, -0.25) is 9.59 Å². The number of carbonyl (C=O) groups excluding carboxylic acids is 2. The van der Waals surface area contributed by atoms with Crippen LogP contribution in [0.1, 0.15) is 23.8 Å². The highest BCUT2D eigenvalue weighted by Gasteiger charge is 2.17. The fourth-order valence-electron chi connectivity index (χ4n) is 2.08. The lowest BCUT2D eigenvalue weighted by atomic mass is 10.1. The van der Waals surface area contributed by atoms with Gasteiger partial charge in [0.2, 0.25) is 0 Å². The minimum atomic E-state index is -0.798. The minimum absolute atomic E-state index is 0.231. The molecule has 1 heterocycles. The number of carbonyl (C=O) groups is 2. The second-order valence-corrected chi connectivity index (χ2v) is 6.31. The number of rotatable bonds is 8. The van der Waals surface area contributed by atoms with E-state index in [9.17, 15) is 9.59 Å². The summed E-state index contributed by atoms with van der Waals surface area (Å²) < 4.78 is 10.3. The largest absolute Gasteiger partial charge is 0.497 e. The summed E-state index contributed by atoms with van der Waals surface area (Å²) in [4.78, 5) is 24.8. The van der Waals surface area contributed by atoms with Crippen LogP contribution in [0.2, 0.25) is 0 Å². The van der Waals surface area contributed by atoms with Gasteiger partial charge in [-0.1, -0.05) is 18.2 Å². The van der Waals surface area contributed by atoms with Crippen LogP contribution >= 0.6 is 11.3 Å². The topological polar surface area (TPSA) is 64.6 Å². The predicted octanol–water partition coefficient (Wildman–Crippen LogP) is 2.94. The van der Waals surface area contributed by atoms with Crippen molar-refractivity contribution in [2.45, 2.75) is 32.4 Å². The van der Waals surface area contributed by atoms with Gasteiger partial charge in [-0.15, -0.1) is 11.3 Å². The Labute approximate surface area is 145 Å². The van der Waals surface area contributed by atoms with Crippen LogP contribution < -0.4 is 10.1 Å². The maximum absolute atomic E-state index is 11.9. The molecule has 0 spiro atoms. The molecule has 1 aromatic heterocycles. The van der Waals surface area contributed by atoms with Crippen LogP contribution in [0.15, 0.2) is 41.8 Å². The van der Waals surface area contributed by atoms with Gasteiger partial charge in [0.1, 0.15) is 5.75 Å². The molecule has 1 amide bonds. The first-order chi connectivity index (χ1) is 11.6. The summed E-state index contributed by atoms with van der Waals surface area (Å²) in [6, 6.07) is 11.4. The third-order valence-corrected chi connectivity index (χ3v) is 4.35. The molecule has 1 aromatic carbocycles. The third kappa shape index (κ3) is 5.70. The number of hydrogen-bond acceptors (Lipinski definition) is 5. The Hall–Kier alpha value is -2.34. The van der Waals surface area contributed by atoms with Crippen LogP contribution in [-0.2, 0) is 27.3 Å². The summed E-state index contributed by atoms with van der Waals surface area (Å²) in [7, 11) is 1.61. The van der Waals surface area contributed by atoms with E-state index in [0.717, 1.165) is 16.2 Å². The molecule has 0 radical (unpaired) electrons. The van der Waals surface area contributed by atoms with Gasteiger partial charge in [0.15, 0.2) is 6.10 Å². The summed E-state index contributed by atoms with van der Waals surface area (Å²) >= 11 is 1.57. The first kappa shape index (κ1) is 18.0. The number of methoxy groups -OCH3 is 1. The summed E-state index contributed by atoms with van der Waals surface area (Å²) in [6.07, 6.45) is -0.00495. The number of thiophene rings is 1. The van der Waals surface area contributed by atoms with E-state index in [1.165, 1.54) is 0 Å². The zero-order valence-electron chi connectivity index (χ0n) is 13.8. The zero-order valence-corrected chi connectivity index (χ0v) is 14.6. The van der Waals surface area contributed by atoms with Gasteiger partial charge in [0.05, 0.1) is 13.7 Å². The fraction of sp³-hybridized carbons (Fsp3) is 0.333. The first-order valence-corrected chi connectivity index (χ1v) is 8.59. The summed E-state index contributed by atoms with van der Waals surface area (Å²) in [6.45, 7) is 2.03. The highest BCUT2D eigenvalue weighted by atomic mass is 32.1. The normalized spacial score (nSPS) is 11.6. The molecule has 0 aliphatic rings. The van der Waals surface area contributed by atoms with Crippen molar-refractivity contribution in [3.63, 3.8) is 0 Å². The zero-order chi connectivity index (χ0) is 17.4. The number of nitrogens with one attached hydrogen (secondary N) is 1. The molecule has 2 aromatic rings. The number of aryl methyl sites for hydroxylation is 1. The van der Waals surface area contributed by atoms with Crippen LogP contribution in [0.25, 0.3) is 0 Å². The highest BCUT2D eigenvalue weighted by molar-refractivity contribution is 7.09. The fourth-order valence-corrected chi connectivity index (χ4v) is 2.72. The number of benzene rings is 1. The van der Waals surface area contributed by atoms with Crippen LogP contribution in [0.3, 0.4) is 0 Å². The molecule has 1 N–H and O–H groups in total. The Morgan fingerprint density at radius 3 is 2.58 bits per heavy atom. The smallest absolute Gasteiger partial charge is 0.306 e. The lowest BCUT2D eigenvalue weighted by molar-refractivity contribution is -0.154. The standard InChI is InChI=1S/C18H21NO4S/c1-13(18(21)19-12-16-4-3-11-24-16)23-17(20)10-7-14-5-8-15(22-2)9-6-14/h3-6,8-9,11,13H,7,10,12H2,1-2H3,(H,19,21)/t13-/m0/s1. The Bertz CT molecular complexity index is 652. The predicted molar refractivity (Wildman–Crippen MR) is 93.0 cm³/mol. The molecule has 24 heavy (non-hydrogen) atoms. The molecular formula is C18H21NO4S. The number of ether oxygens (including phenoxy) is 2. The minimum Gasteiger partial charge on any atom is -0.497 e. The van der Waals surface area contributed by atoms with E-state index in [1.54, 1.807) is 25.4 Å². The van der Waals surface area contributed by atoms with E-state index in [2.05, 4.69) is 5.32 Å². The molecule has 1 atom stereocenters. The second kappa shape index (κ2) is 9.08.